The summed E-state index contributed by atoms with van der Waals surface area (Å²) in [5.74, 6) is 0.281. The zero-order chi connectivity index (χ0) is 20.0. The highest BCUT2D eigenvalue weighted by Crippen LogP contribution is 2.22. The highest BCUT2D eigenvalue weighted by molar-refractivity contribution is 9.10. The first kappa shape index (κ1) is 20.8. The van der Waals surface area contributed by atoms with Crippen LogP contribution in [0.2, 0.25) is 0 Å². The largest absolute Gasteiger partial charge is 0.484 e. The van der Waals surface area contributed by atoms with Crippen molar-refractivity contribution in [3.63, 3.8) is 0 Å². The van der Waals surface area contributed by atoms with Crippen molar-refractivity contribution in [2.75, 3.05) is 25.0 Å². The highest BCUT2D eigenvalue weighted by Gasteiger charge is 2.24. The maximum Gasteiger partial charge on any atom is 0.262 e. The van der Waals surface area contributed by atoms with E-state index in [0.29, 0.717) is 24.5 Å². The molecule has 0 aromatic heterocycles. The van der Waals surface area contributed by atoms with Crippen LogP contribution in [0.5, 0.6) is 5.75 Å². The lowest BCUT2D eigenvalue weighted by molar-refractivity contribution is -0.118. The van der Waals surface area contributed by atoms with Crippen molar-refractivity contribution in [1.82, 2.24) is 4.31 Å². The number of ether oxygens (including phenoxy) is 1. The van der Waals surface area contributed by atoms with Crippen LogP contribution in [0, 0.1) is 0 Å². The Morgan fingerprint density at radius 3 is 2.18 bits per heavy atom. The zero-order valence-electron chi connectivity index (χ0n) is 15.4. The van der Waals surface area contributed by atoms with Crippen molar-refractivity contribution < 1.29 is 17.9 Å². The molecule has 0 radical (unpaired) electrons. The van der Waals surface area contributed by atoms with Gasteiger partial charge in [0.2, 0.25) is 10.0 Å². The van der Waals surface area contributed by atoms with E-state index in [1.54, 1.807) is 28.6 Å². The minimum Gasteiger partial charge on any atom is -0.484 e. The summed E-state index contributed by atoms with van der Waals surface area (Å²) in [6.07, 6.45) is 3.93. The third-order valence-electron chi connectivity index (χ3n) is 4.52. The smallest absolute Gasteiger partial charge is 0.262 e. The van der Waals surface area contributed by atoms with E-state index in [1.165, 1.54) is 12.1 Å². The molecular weight excluding hydrogens is 444 g/mol. The fourth-order valence-corrected chi connectivity index (χ4v) is 4.80. The van der Waals surface area contributed by atoms with Gasteiger partial charge in [0.05, 0.1) is 4.90 Å². The van der Waals surface area contributed by atoms with Gasteiger partial charge in [0.25, 0.3) is 5.91 Å². The lowest BCUT2D eigenvalue weighted by Gasteiger charge is -2.20. The number of sulfonamides is 1. The van der Waals surface area contributed by atoms with Gasteiger partial charge in [-0.3, -0.25) is 4.79 Å². The van der Waals surface area contributed by atoms with Gasteiger partial charge < -0.3 is 10.1 Å². The molecule has 1 aliphatic rings. The normalized spacial score (nSPS) is 15.6. The van der Waals surface area contributed by atoms with E-state index in [2.05, 4.69) is 21.2 Å². The number of hydrogen-bond acceptors (Lipinski definition) is 4. The molecule has 8 heteroatoms. The molecule has 0 atom stereocenters. The van der Waals surface area contributed by atoms with Crippen molar-refractivity contribution in [3.05, 3.63) is 53.0 Å². The van der Waals surface area contributed by atoms with E-state index in [9.17, 15) is 13.2 Å². The van der Waals surface area contributed by atoms with E-state index in [0.717, 1.165) is 30.2 Å². The number of anilines is 1. The maximum absolute atomic E-state index is 12.8. The van der Waals surface area contributed by atoms with E-state index in [-0.39, 0.29) is 17.4 Å². The van der Waals surface area contributed by atoms with Gasteiger partial charge in [-0.15, -0.1) is 0 Å². The summed E-state index contributed by atoms with van der Waals surface area (Å²) in [6, 6.07) is 13.5. The lowest BCUT2D eigenvalue weighted by atomic mass is 10.2. The van der Waals surface area contributed by atoms with E-state index < -0.39 is 10.0 Å². The van der Waals surface area contributed by atoms with Gasteiger partial charge in [-0.25, -0.2) is 8.42 Å². The predicted molar refractivity (Wildman–Crippen MR) is 112 cm³/mol. The maximum atomic E-state index is 12.8. The molecule has 150 valence electrons. The summed E-state index contributed by atoms with van der Waals surface area (Å²) < 4.78 is 33.5. The fraction of sp³-hybridized carbons (Fsp3) is 0.350. The van der Waals surface area contributed by atoms with Crippen LogP contribution in [0.3, 0.4) is 0 Å². The van der Waals surface area contributed by atoms with Crippen LogP contribution in [0.15, 0.2) is 57.9 Å². The number of hydrogen-bond donors (Lipinski definition) is 1. The number of carbonyl (C=O) groups excluding carboxylic acids is 1. The number of carbonyl (C=O) groups is 1. The van der Waals surface area contributed by atoms with E-state index in [4.69, 9.17) is 4.74 Å². The van der Waals surface area contributed by atoms with Crippen LogP contribution >= 0.6 is 15.9 Å². The van der Waals surface area contributed by atoms with Crippen LogP contribution in [-0.2, 0) is 14.8 Å². The first-order valence-corrected chi connectivity index (χ1v) is 11.5. The van der Waals surface area contributed by atoms with E-state index in [1.807, 2.05) is 12.1 Å². The standard InChI is InChI=1S/C20H23BrN2O4S/c21-16-5-9-18(10-6-16)27-15-20(24)22-17-7-11-19(12-8-17)28(25,26)23-13-3-1-2-4-14-23/h5-12H,1-4,13-15H2,(H,22,24). The number of amides is 1. The second kappa shape index (κ2) is 9.54. The first-order chi connectivity index (χ1) is 13.4. The van der Waals surface area contributed by atoms with Gasteiger partial charge in [0, 0.05) is 23.2 Å². The van der Waals surface area contributed by atoms with Crippen LogP contribution in [0.4, 0.5) is 5.69 Å². The molecule has 28 heavy (non-hydrogen) atoms. The number of nitrogens with zero attached hydrogens (tertiary/aromatic N) is 1. The average Bonchev–Trinajstić information content (AvgIpc) is 2.98. The molecule has 0 unspecified atom stereocenters. The molecule has 0 bridgehead atoms. The average molecular weight is 467 g/mol. The number of nitrogens with one attached hydrogen (secondary N) is 1. The molecule has 1 fully saturated rings. The van der Waals surface area contributed by atoms with Crippen molar-refractivity contribution in [3.8, 4) is 5.75 Å². The molecule has 0 saturated carbocycles. The molecular formula is C20H23BrN2O4S. The van der Waals surface area contributed by atoms with Crippen LogP contribution < -0.4 is 10.1 Å². The summed E-state index contributed by atoms with van der Waals surface area (Å²) in [5, 5.41) is 2.71. The minimum absolute atomic E-state index is 0.130. The fourth-order valence-electron chi connectivity index (χ4n) is 3.02. The number of halogens is 1. The molecule has 6 nitrogen and oxygen atoms in total. The quantitative estimate of drug-likeness (QED) is 0.696. The van der Waals surface area contributed by atoms with E-state index >= 15 is 0 Å². The number of rotatable bonds is 6. The summed E-state index contributed by atoms with van der Waals surface area (Å²) in [4.78, 5) is 12.3. The minimum atomic E-state index is -3.49. The molecule has 1 heterocycles. The molecule has 0 spiro atoms. The Balaban J connectivity index is 1.57. The Morgan fingerprint density at radius 1 is 0.964 bits per heavy atom. The van der Waals surface area contributed by atoms with Gasteiger partial charge in [0.1, 0.15) is 5.75 Å². The molecule has 2 aromatic carbocycles. The Bertz CT molecular complexity index is 891. The summed E-state index contributed by atoms with van der Waals surface area (Å²) in [5.41, 5.74) is 0.527. The zero-order valence-corrected chi connectivity index (χ0v) is 17.8. The third-order valence-corrected chi connectivity index (χ3v) is 6.97. The van der Waals surface area contributed by atoms with Gasteiger partial charge >= 0.3 is 0 Å². The van der Waals surface area contributed by atoms with Crippen molar-refractivity contribution in [2.24, 2.45) is 0 Å². The monoisotopic (exact) mass is 466 g/mol. The molecule has 1 aliphatic heterocycles. The second-order valence-electron chi connectivity index (χ2n) is 6.63. The van der Waals surface area contributed by atoms with Crippen molar-refractivity contribution in [2.45, 2.75) is 30.6 Å². The third kappa shape index (κ3) is 5.56. The lowest BCUT2D eigenvalue weighted by Crippen LogP contribution is -2.31. The predicted octanol–water partition coefficient (Wildman–Crippen LogP) is 4.03. The number of benzene rings is 2. The molecule has 1 saturated heterocycles. The van der Waals surface area contributed by atoms with Crippen LogP contribution in [0.1, 0.15) is 25.7 Å². The van der Waals surface area contributed by atoms with Crippen molar-refractivity contribution in [1.29, 1.82) is 0 Å². The molecule has 2 aromatic rings. The Kier molecular flexibility index (Phi) is 7.09. The van der Waals surface area contributed by atoms with Gasteiger partial charge in [-0.2, -0.15) is 4.31 Å². The topological polar surface area (TPSA) is 75.7 Å². The molecule has 0 aliphatic carbocycles. The highest BCUT2D eigenvalue weighted by atomic mass is 79.9. The van der Waals surface area contributed by atoms with Crippen LogP contribution in [-0.4, -0.2) is 38.3 Å². The summed E-state index contributed by atoms with van der Waals surface area (Å²) >= 11 is 3.34. The molecule has 1 N–H and O–H groups in total. The Morgan fingerprint density at radius 2 is 1.57 bits per heavy atom. The molecule has 1 amide bonds. The Labute approximate surface area is 174 Å². The SMILES string of the molecule is O=C(COc1ccc(Br)cc1)Nc1ccc(S(=O)(=O)N2CCCCCC2)cc1. The Hall–Kier alpha value is -1.90. The van der Waals surface area contributed by atoms with Gasteiger partial charge in [0.15, 0.2) is 6.61 Å². The second-order valence-corrected chi connectivity index (χ2v) is 9.49. The van der Waals surface area contributed by atoms with Crippen LogP contribution in [0.25, 0.3) is 0 Å². The first-order valence-electron chi connectivity index (χ1n) is 9.23. The summed E-state index contributed by atoms with van der Waals surface area (Å²) in [6.45, 7) is 0.998. The van der Waals surface area contributed by atoms with Gasteiger partial charge in [-0.05, 0) is 61.4 Å². The van der Waals surface area contributed by atoms with Crippen molar-refractivity contribution >= 4 is 37.5 Å². The molecule has 3 rings (SSSR count). The summed E-state index contributed by atoms with van der Waals surface area (Å²) in [7, 11) is -3.49. The van der Waals surface area contributed by atoms with Gasteiger partial charge in [-0.1, -0.05) is 28.8 Å².